The first-order chi connectivity index (χ1) is 9.99. The van der Waals surface area contributed by atoms with Crippen molar-refractivity contribution in [1.82, 2.24) is 0 Å². The molecule has 0 saturated heterocycles. The molecular weight excluding hydrogens is 270 g/mol. The van der Waals surface area contributed by atoms with Gasteiger partial charge in [-0.1, -0.05) is 24.3 Å². The fraction of sp³-hybridized carbons (Fsp3) is 0.125. The quantitative estimate of drug-likeness (QED) is 0.480. The highest BCUT2D eigenvalue weighted by atomic mass is 16.6. The summed E-state index contributed by atoms with van der Waals surface area (Å²) in [6.45, 7) is 1.47. The minimum Gasteiger partial charge on any atom is -0.300 e. The average molecular weight is 283 g/mol. The van der Waals surface area contributed by atoms with Crippen LogP contribution in [0.25, 0.3) is 0 Å². The van der Waals surface area contributed by atoms with Gasteiger partial charge in [-0.3, -0.25) is 19.7 Å². The van der Waals surface area contributed by atoms with E-state index in [2.05, 4.69) is 0 Å². The van der Waals surface area contributed by atoms with Crippen LogP contribution in [0.1, 0.15) is 28.4 Å². The Morgan fingerprint density at radius 2 is 1.67 bits per heavy atom. The van der Waals surface area contributed by atoms with Gasteiger partial charge in [0.15, 0.2) is 5.78 Å². The van der Waals surface area contributed by atoms with E-state index in [4.69, 9.17) is 0 Å². The number of nitro groups is 1. The largest absolute Gasteiger partial charge is 0.300 e. The van der Waals surface area contributed by atoms with E-state index in [9.17, 15) is 19.7 Å². The van der Waals surface area contributed by atoms with Crippen molar-refractivity contribution in [1.29, 1.82) is 0 Å². The molecular formula is C16H13NO4. The molecule has 5 heteroatoms. The summed E-state index contributed by atoms with van der Waals surface area (Å²) in [5.74, 6) is -0.277. The van der Waals surface area contributed by atoms with E-state index in [1.165, 1.54) is 31.2 Å². The molecule has 0 aromatic heterocycles. The molecule has 2 rings (SSSR count). The number of non-ortho nitro benzene ring substituents is 1. The third kappa shape index (κ3) is 3.39. The molecule has 0 amide bonds. The number of nitrogens with zero attached hydrogens (tertiary/aromatic N) is 1. The maximum Gasteiger partial charge on any atom is 0.269 e. The highest BCUT2D eigenvalue weighted by Crippen LogP contribution is 2.18. The number of carbonyl (C=O) groups is 2. The smallest absolute Gasteiger partial charge is 0.269 e. The Balaban J connectivity index is 2.35. The predicted octanol–water partition coefficient (Wildman–Crippen LogP) is 2.96. The third-order valence-corrected chi connectivity index (χ3v) is 3.04. The van der Waals surface area contributed by atoms with Gasteiger partial charge in [-0.05, 0) is 24.6 Å². The fourth-order valence-electron chi connectivity index (χ4n) is 2.05. The lowest BCUT2D eigenvalue weighted by molar-refractivity contribution is -0.384. The molecule has 0 unspecified atom stereocenters. The standard InChI is InChI=1S/C16H13NO4/c1-11(18)10-13-4-2-3-5-15(13)16(19)12-6-8-14(9-7-12)17(20)21/h2-9H,10H2,1H3. The molecule has 2 aromatic rings. The zero-order valence-corrected chi connectivity index (χ0v) is 11.4. The minimum absolute atomic E-state index is 0.0288. The molecule has 0 radical (unpaired) electrons. The van der Waals surface area contributed by atoms with E-state index in [1.807, 2.05) is 0 Å². The molecule has 0 aliphatic carbocycles. The number of Topliss-reactive ketones (excluding diaryl/α,β-unsaturated/α-hetero) is 1. The second kappa shape index (κ2) is 6.09. The summed E-state index contributed by atoms with van der Waals surface area (Å²) in [5.41, 5.74) is 1.40. The molecule has 0 aliphatic rings. The van der Waals surface area contributed by atoms with Crippen molar-refractivity contribution in [2.24, 2.45) is 0 Å². The molecule has 0 atom stereocenters. The Morgan fingerprint density at radius 3 is 2.24 bits per heavy atom. The zero-order chi connectivity index (χ0) is 15.4. The molecule has 5 nitrogen and oxygen atoms in total. The molecule has 0 spiro atoms. The fourth-order valence-corrected chi connectivity index (χ4v) is 2.05. The van der Waals surface area contributed by atoms with Gasteiger partial charge in [0.25, 0.3) is 5.69 Å². The highest BCUT2D eigenvalue weighted by Gasteiger charge is 2.15. The Morgan fingerprint density at radius 1 is 1.05 bits per heavy atom. The molecule has 0 N–H and O–H groups in total. The number of hydrogen-bond acceptors (Lipinski definition) is 4. The average Bonchev–Trinajstić information content (AvgIpc) is 2.46. The summed E-state index contributed by atoms with van der Waals surface area (Å²) in [6, 6.07) is 12.3. The molecule has 0 fully saturated rings. The number of benzene rings is 2. The van der Waals surface area contributed by atoms with E-state index < -0.39 is 4.92 Å². The van der Waals surface area contributed by atoms with Gasteiger partial charge in [0.1, 0.15) is 5.78 Å². The van der Waals surface area contributed by atoms with Crippen molar-refractivity contribution in [2.45, 2.75) is 13.3 Å². The first-order valence-corrected chi connectivity index (χ1v) is 6.35. The van der Waals surface area contributed by atoms with Crippen LogP contribution in [0.2, 0.25) is 0 Å². The summed E-state index contributed by atoms with van der Waals surface area (Å²) < 4.78 is 0. The molecule has 21 heavy (non-hydrogen) atoms. The lowest BCUT2D eigenvalue weighted by atomic mass is 9.95. The van der Waals surface area contributed by atoms with E-state index in [0.717, 1.165) is 0 Å². The SMILES string of the molecule is CC(=O)Cc1ccccc1C(=O)c1ccc([N+](=O)[O-])cc1. The van der Waals surface area contributed by atoms with E-state index in [0.29, 0.717) is 16.7 Å². The number of carbonyl (C=O) groups excluding carboxylic acids is 2. The zero-order valence-electron chi connectivity index (χ0n) is 11.4. The number of rotatable bonds is 5. The van der Waals surface area contributed by atoms with Crippen molar-refractivity contribution in [3.05, 3.63) is 75.3 Å². The van der Waals surface area contributed by atoms with Crippen LogP contribution in [0.5, 0.6) is 0 Å². The van der Waals surface area contributed by atoms with Gasteiger partial charge in [-0.2, -0.15) is 0 Å². The Kier molecular flexibility index (Phi) is 4.23. The molecule has 0 heterocycles. The summed E-state index contributed by atoms with van der Waals surface area (Å²) in [4.78, 5) is 33.8. The predicted molar refractivity (Wildman–Crippen MR) is 77.4 cm³/mol. The van der Waals surface area contributed by atoms with Crippen LogP contribution in [0, 0.1) is 10.1 Å². The van der Waals surface area contributed by atoms with Crippen LogP contribution >= 0.6 is 0 Å². The van der Waals surface area contributed by atoms with Gasteiger partial charge in [0.2, 0.25) is 0 Å². The highest BCUT2D eigenvalue weighted by molar-refractivity contribution is 6.10. The van der Waals surface area contributed by atoms with E-state index in [-0.39, 0.29) is 23.7 Å². The second-order valence-corrected chi connectivity index (χ2v) is 4.67. The molecule has 0 saturated carbocycles. The second-order valence-electron chi connectivity index (χ2n) is 4.67. The van der Waals surface area contributed by atoms with Gasteiger partial charge >= 0.3 is 0 Å². The summed E-state index contributed by atoms with van der Waals surface area (Å²) >= 11 is 0. The van der Waals surface area contributed by atoms with E-state index >= 15 is 0 Å². The lowest BCUT2D eigenvalue weighted by Crippen LogP contribution is -2.08. The van der Waals surface area contributed by atoms with Crippen molar-refractivity contribution in [3.8, 4) is 0 Å². The van der Waals surface area contributed by atoms with Crippen LogP contribution in [0.4, 0.5) is 5.69 Å². The number of nitro benzene ring substituents is 1. The van der Waals surface area contributed by atoms with Crippen LogP contribution in [-0.2, 0) is 11.2 Å². The summed E-state index contributed by atoms with van der Waals surface area (Å²) in [6.07, 6.45) is 0.189. The van der Waals surface area contributed by atoms with Crippen molar-refractivity contribution in [2.75, 3.05) is 0 Å². The third-order valence-electron chi connectivity index (χ3n) is 3.04. The van der Waals surface area contributed by atoms with Crippen LogP contribution < -0.4 is 0 Å². The minimum atomic E-state index is -0.516. The Bertz CT molecular complexity index is 704. The number of ketones is 2. The maximum absolute atomic E-state index is 12.4. The molecule has 0 bridgehead atoms. The van der Waals surface area contributed by atoms with Crippen molar-refractivity contribution >= 4 is 17.3 Å². The normalized spacial score (nSPS) is 10.1. The van der Waals surface area contributed by atoms with Crippen LogP contribution in [0.3, 0.4) is 0 Å². The number of hydrogen-bond donors (Lipinski definition) is 0. The van der Waals surface area contributed by atoms with Gasteiger partial charge in [0, 0.05) is 29.7 Å². The van der Waals surface area contributed by atoms with Gasteiger partial charge in [0.05, 0.1) is 4.92 Å². The molecule has 2 aromatic carbocycles. The van der Waals surface area contributed by atoms with Crippen LogP contribution in [0.15, 0.2) is 48.5 Å². The topological polar surface area (TPSA) is 77.3 Å². The monoisotopic (exact) mass is 283 g/mol. The van der Waals surface area contributed by atoms with Gasteiger partial charge in [-0.15, -0.1) is 0 Å². The first-order valence-electron chi connectivity index (χ1n) is 6.35. The Hall–Kier alpha value is -2.82. The summed E-state index contributed by atoms with van der Waals surface area (Å²) in [7, 11) is 0. The van der Waals surface area contributed by atoms with E-state index in [1.54, 1.807) is 24.3 Å². The summed E-state index contributed by atoms with van der Waals surface area (Å²) in [5, 5.41) is 10.6. The lowest BCUT2D eigenvalue weighted by Gasteiger charge is -2.07. The molecule has 0 aliphatic heterocycles. The molecule has 106 valence electrons. The van der Waals surface area contributed by atoms with Crippen molar-refractivity contribution < 1.29 is 14.5 Å². The first kappa shape index (κ1) is 14.6. The van der Waals surface area contributed by atoms with Gasteiger partial charge in [-0.25, -0.2) is 0 Å². The van der Waals surface area contributed by atoms with Crippen molar-refractivity contribution in [3.63, 3.8) is 0 Å². The maximum atomic E-state index is 12.4. The van der Waals surface area contributed by atoms with Gasteiger partial charge < -0.3 is 0 Å². The Labute approximate surface area is 121 Å². The van der Waals surface area contributed by atoms with Crippen LogP contribution in [-0.4, -0.2) is 16.5 Å².